The molecule has 9 nitrogen and oxygen atoms in total. The lowest BCUT2D eigenvalue weighted by atomic mass is 10.1. The Morgan fingerprint density at radius 2 is 2.07 bits per heavy atom. The van der Waals surface area contributed by atoms with E-state index in [2.05, 4.69) is 19.5 Å². The highest BCUT2D eigenvalue weighted by Crippen LogP contribution is 2.41. The van der Waals surface area contributed by atoms with Crippen molar-refractivity contribution in [1.82, 2.24) is 19.5 Å². The van der Waals surface area contributed by atoms with E-state index in [4.69, 9.17) is 24.1 Å². The Hall–Kier alpha value is -3.49. The van der Waals surface area contributed by atoms with Crippen LogP contribution in [0.15, 0.2) is 36.9 Å². The van der Waals surface area contributed by atoms with Gasteiger partial charge in [0.05, 0.1) is 12.7 Å². The Kier molecular flexibility index (Phi) is 5.93. The van der Waals surface area contributed by atoms with Gasteiger partial charge in [0, 0.05) is 43.8 Å². The van der Waals surface area contributed by atoms with Gasteiger partial charge in [-0.25, -0.2) is 9.97 Å². The lowest BCUT2D eigenvalue weighted by molar-refractivity contribution is -0.122. The van der Waals surface area contributed by atoms with E-state index in [1.165, 1.54) is 0 Å². The molecule has 0 amide bonds. The van der Waals surface area contributed by atoms with Crippen molar-refractivity contribution in [3.8, 4) is 28.6 Å². The van der Waals surface area contributed by atoms with Gasteiger partial charge in [-0.1, -0.05) is 0 Å². The van der Waals surface area contributed by atoms with E-state index in [0.717, 1.165) is 48.1 Å². The summed E-state index contributed by atoms with van der Waals surface area (Å²) in [5.41, 5.74) is 0.893. The molecule has 142 valence electrons. The average Bonchev–Trinajstić information content (AvgIpc) is 3.42. The Balaban J connectivity index is 0.000000659. The zero-order chi connectivity index (χ0) is 19.1. The number of ether oxygens (including phenoxy) is 3. The van der Waals surface area contributed by atoms with Crippen molar-refractivity contribution in [3.63, 3.8) is 0 Å². The molecule has 9 heteroatoms. The molecular formula is C18H20N4O5. The van der Waals surface area contributed by atoms with Crippen LogP contribution in [0, 0.1) is 0 Å². The van der Waals surface area contributed by atoms with Gasteiger partial charge in [0.2, 0.25) is 6.79 Å². The second-order valence-electron chi connectivity index (χ2n) is 5.59. The van der Waals surface area contributed by atoms with E-state index in [1.54, 1.807) is 19.5 Å². The van der Waals surface area contributed by atoms with E-state index in [9.17, 15) is 0 Å². The molecule has 3 heterocycles. The van der Waals surface area contributed by atoms with Crippen LogP contribution in [0.25, 0.3) is 11.4 Å². The molecule has 3 aromatic rings. The van der Waals surface area contributed by atoms with Crippen LogP contribution >= 0.6 is 0 Å². The first-order chi connectivity index (χ1) is 13.3. The van der Waals surface area contributed by atoms with Crippen LogP contribution < -0.4 is 14.2 Å². The fourth-order valence-electron chi connectivity index (χ4n) is 2.85. The number of carbonyl (C=O) groups is 1. The minimum Gasteiger partial charge on any atom is -0.496 e. The van der Waals surface area contributed by atoms with Gasteiger partial charge in [-0.3, -0.25) is 4.79 Å². The molecule has 0 spiro atoms. The lowest BCUT2D eigenvalue weighted by Crippen LogP contribution is -2.03. The number of fused-ring (bicyclic) bond motifs is 1. The SMILES string of the molecule is COc1cc2c(cc1-c1nccn1CCCc1ncc[nH]1)OCO2.O=CO. The lowest BCUT2D eigenvalue weighted by Gasteiger charge is -2.12. The predicted octanol–water partition coefficient (Wildman–Crippen LogP) is 2.34. The van der Waals surface area contributed by atoms with Gasteiger partial charge in [0.1, 0.15) is 17.4 Å². The number of hydrogen-bond acceptors (Lipinski definition) is 6. The summed E-state index contributed by atoms with van der Waals surface area (Å²) in [5.74, 6) is 3.99. The van der Waals surface area contributed by atoms with E-state index < -0.39 is 0 Å². The minimum absolute atomic E-state index is 0.236. The molecule has 0 saturated heterocycles. The molecule has 0 bridgehead atoms. The molecule has 0 unspecified atom stereocenters. The maximum atomic E-state index is 8.36. The van der Waals surface area contributed by atoms with Gasteiger partial charge in [-0.15, -0.1) is 0 Å². The van der Waals surface area contributed by atoms with Crippen molar-refractivity contribution in [1.29, 1.82) is 0 Å². The quantitative estimate of drug-likeness (QED) is 0.639. The van der Waals surface area contributed by atoms with Crippen LogP contribution in [0.5, 0.6) is 17.2 Å². The number of carboxylic acid groups (broad SMARTS) is 1. The number of nitrogens with one attached hydrogen (secondary N) is 1. The minimum atomic E-state index is -0.250. The van der Waals surface area contributed by atoms with Crippen molar-refractivity contribution in [2.45, 2.75) is 19.4 Å². The highest BCUT2D eigenvalue weighted by molar-refractivity contribution is 5.70. The van der Waals surface area contributed by atoms with Crippen molar-refractivity contribution >= 4 is 6.47 Å². The Bertz CT molecular complexity index is 876. The number of aromatic nitrogens is 4. The van der Waals surface area contributed by atoms with Crippen molar-refractivity contribution < 1.29 is 24.1 Å². The van der Waals surface area contributed by atoms with E-state index in [0.29, 0.717) is 5.75 Å². The highest BCUT2D eigenvalue weighted by atomic mass is 16.7. The van der Waals surface area contributed by atoms with Crippen LogP contribution in [0.4, 0.5) is 0 Å². The average molecular weight is 372 g/mol. The van der Waals surface area contributed by atoms with Gasteiger partial charge in [-0.05, 0) is 12.5 Å². The molecule has 1 aliphatic rings. The van der Waals surface area contributed by atoms with Crippen molar-refractivity contribution in [2.24, 2.45) is 0 Å². The van der Waals surface area contributed by atoms with Crippen LogP contribution in [-0.2, 0) is 17.8 Å². The zero-order valence-electron chi connectivity index (χ0n) is 14.8. The third-order valence-corrected chi connectivity index (χ3v) is 4.02. The molecule has 27 heavy (non-hydrogen) atoms. The predicted molar refractivity (Wildman–Crippen MR) is 95.9 cm³/mol. The molecule has 2 aromatic heterocycles. The number of methoxy groups -OCH3 is 1. The summed E-state index contributed by atoms with van der Waals surface area (Å²) >= 11 is 0. The van der Waals surface area contributed by atoms with Crippen molar-refractivity contribution in [3.05, 3.63) is 42.7 Å². The normalized spacial score (nSPS) is 11.6. The summed E-state index contributed by atoms with van der Waals surface area (Å²) in [6.07, 6.45) is 9.24. The summed E-state index contributed by atoms with van der Waals surface area (Å²) in [6, 6.07) is 3.77. The maximum Gasteiger partial charge on any atom is 0.290 e. The summed E-state index contributed by atoms with van der Waals surface area (Å²) in [6.45, 7) is 0.827. The van der Waals surface area contributed by atoms with Gasteiger partial charge in [-0.2, -0.15) is 0 Å². The smallest absolute Gasteiger partial charge is 0.290 e. The fraction of sp³-hybridized carbons (Fsp3) is 0.278. The third-order valence-electron chi connectivity index (χ3n) is 4.02. The summed E-state index contributed by atoms with van der Waals surface area (Å²) < 4.78 is 18.5. The first kappa shape index (κ1) is 18.3. The van der Waals surface area contributed by atoms with Crippen LogP contribution in [0.1, 0.15) is 12.2 Å². The number of benzene rings is 1. The molecule has 0 radical (unpaired) electrons. The maximum absolute atomic E-state index is 8.36. The van der Waals surface area contributed by atoms with E-state index in [1.807, 2.05) is 24.5 Å². The first-order valence-corrected chi connectivity index (χ1v) is 8.32. The second-order valence-corrected chi connectivity index (χ2v) is 5.59. The van der Waals surface area contributed by atoms with Crippen molar-refractivity contribution in [2.75, 3.05) is 13.9 Å². The van der Waals surface area contributed by atoms with E-state index in [-0.39, 0.29) is 13.3 Å². The summed E-state index contributed by atoms with van der Waals surface area (Å²) in [5, 5.41) is 6.89. The summed E-state index contributed by atoms with van der Waals surface area (Å²) in [4.78, 5) is 20.2. The number of nitrogens with zero attached hydrogens (tertiary/aromatic N) is 3. The van der Waals surface area contributed by atoms with Crippen LogP contribution in [0.2, 0.25) is 0 Å². The van der Waals surface area contributed by atoms with Gasteiger partial charge >= 0.3 is 0 Å². The van der Waals surface area contributed by atoms with Gasteiger partial charge in [0.15, 0.2) is 11.5 Å². The van der Waals surface area contributed by atoms with Crippen LogP contribution in [-0.4, -0.2) is 45.0 Å². The highest BCUT2D eigenvalue weighted by Gasteiger charge is 2.20. The number of aryl methyl sites for hydroxylation is 2. The molecule has 0 saturated carbocycles. The topological polar surface area (TPSA) is 111 Å². The molecule has 2 N–H and O–H groups in total. The monoisotopic (exact) mass is 372 g/mol. The largest absolute Gasteiger partial charge is 0.496 e. The molecule has 1 aliphatic heterocycles. The standard InChI is InChI=1S/C17H18N4O3.CH2O2/c1-22-13-10-15-14(23-11-24-15)9-12(13)17-20-6-8-21(17)7-2-3-16-18-4-5-19-16;2-1-3/h4-6,8-10H,2-3,7,11H2,1H3,(H,18,19);1H,(H,2,3). The molecule has 0 aliphatic carbocycles. The van der Waals surface area contributed by atoms with E-state index >= 15 is 0 Å². The molecule has 4 rings (SSSR count). The second kappa shape index (κ2) is 8.75. The number of imidazole rings is 2. The number of rotatable bonds is 6. The molecule has 0 atom stereocenters. The Morgan fingerprint density at radius 3 is 2.78 bits per heavy atom. The molecule has 1 aromatic carbocycles. The molecular weight excluding hydrogens is 352 g/mol. The zero-order valence-corrected chi connectivity index (χ0v) is 14.8. The Labute approximate surface area is 155 Å². The Morgan fingerprint density at radius 1 is 1.30 bits per heavy atom. The molecule has 0 fully saturated rings. The van der Waals surface area contributed by atoms with Crippen LogP contribution in [0.3, 0.4) is 0 Å². The van der Waals surface area contributed by atoms with Gasteiger partial charge < -0.3 is 28.9 Å². The first-order valence-electron chi connectivity index (χ1n) is 8.32. The number of aromatic amines is 1. The van der Waals surface area contributed by atoms with Gasteiger partial charge in [0.25, 0.3) is 6.47 Å². The number of H-pyrrole nitrogens is 1. The summed E-state index contributed by atoms with van der Waals surface area (Å²) in [7, 11) is 1.64. The fourth-order valence-corrected chi connectivity index (χ4v) is 2.85. The third kappa shape index (κ3) is 4.20. The number of hydrogen-bond donors (Lipinski definition) is 2.